The third-order valence-electron chi connectivity index (χ3n) is 10.6. The van der Waals surface area contributed by atoms with E-state index in [4.69, 9.17) is 19.7 Å². The molecule has 254 valence electrons. The third kappa shape index (κ3) is 4.52. The molecule has 5 aromatic carbocycles. The number of fused-ring (bicyclic) bond motifs is 11. The average molecular weight is 863 g/mol. The fourth-order valence-electron chi connectivity index (χ4n) is 8.26. The van der Waals surface area contributed by atoms with Crippen molar-refractivity contribution in [3.8, 4) is 39.7 Å². The first-order chi connectivity index (χ1) is 25.6. The third-order valence-corrected chi connectivity index (χ3v) is 10.6. The minimum Gasteiger partial charge on any atom is -0.503 e. The summed E-state index contributed by atoms with van der Waals surface area (Å²) in [4.78, 5) is 15.1. The summed E-state index contributed by atoms with van der Waals surface area (Å²) in [6.07, 6.45) is 3.70. The monoisotopic (exact) mass is 862 g/mol. The zero-order chi connectivity index (χ0) is 34.6. The molecule has 6 nitrogen and oxygen atoms in total. The topological polar surface area (TPSA) is 57.2 Å². The maximum atomic E-state index is 6.66. The first-order valence-electron chi connectivity index (χ1n) is 17.5. The molecule has 6 heterocycles. The molecule has 10 aromatic rings. The van der Waals surface area contributed by atoms with Crippen molar-refractivity contribution >= 4 is 49.4 Å². The van der Waals surface area contributed by atoms with Gasteiger partial charge in [-0.1, -0.05) is 121 Å². The molecule has 0 saturated carbocycles. The van der Waals surface area contributed by atoms with Crippen LogP contribution in [-0.4, -0.2) is 23.9 Å². The predicted molar refractivity (Wildman–Crippen MR) is 207 cm³/mol. The minimum absolute atomic E-state index is 0. The maximum absolute atomic E-state index is 6.66. The fraction of sp³-hybridized carbons (Fsp3) is 0.0652. The summed E-state index contributed by atoms with van der Waals surface area (Å²) < 4.78 is 11.1. The first kappa shape index (κ1) is 31.6. The van der Waals surface area contributed by atoms with Crippen LogP contribution in [0.4, 0.5) is 0 Å². The quantitative estimate of drug-likeness (QED) is 0.131. The molecule has 0 unspecified atom stereocenters. The Kier molecular flexibility index (Phi) is 6.98. The number of hydrogen-bond acceptors (Lipinski definition) is 4. The van der Waals surface area contributed by atoms with Gasteiger partial charge in [-0.25, -0.2) is 4.98 Å². The molecule has 7 heteroatoms. The van der Waals surface area contributed by atoms with Crippen LogP contribution >= 0.6 is 0 Å². The molecule has 0 atom stereocenters. The Morgan fingerprint density at radius 3 is 2.15 bits per heavy atom. The van der Waals surface area contributed by atoms with Crippen LogP contribution in [0.1, 0.15) is 25.0 Å². The predicted octanol–water partition coefficient (Wildman–Crippen LogP) is 10.9. The number of nitrogens with zero attached hydrogens (tertiary/aromatic N) is 5. The molecule has 0 bridgehead atoms. The minimum atomic E-state index is -0.240. The van der Waals surface area contributed by atoms with Gasteiger partial charge in [0.25, 0.3) is 0 Å². The fourth-order valence-corrected chi connectivity index (χ4v) is 8.26. The molecule has 1 aliphatic rings. The van der Waals surface area contributed by atoms with Crippen LogP contribution in [0, 0.1) is 12.1 Å². The molecule has 11 rings (SSSR count). The van der Waals surface area contributed by atoms with Crippen molar-refractivity contribution in [2.45, 2.75) is 19.3 Å². The van der Waals surface area contributed by atoms with E-state index in [1.807, 2.05) is 48.8 Å². The average Bonchev–Trinajstić information content (AvgIpc) is 3.76. The molecule has 0 N–H and O–H groups in total. The standard InChI is InChI=1S/C46H29N5O.Pt/c1-46(2)36-23-21-31(27-39(36)51-43-33(16-9-18-37(43)46)34-17-10-25-48-44(34)51)52-30-20-22-32-35(26-30)45-49-40(28-12-5-3-6-13-28)42(29-14-7-4-8-15-29)50(45)38-19-11-24-47-41(32)38;/h3-25H,1-2H3;/q-2;+2. The van der Waals surface area contributed by atoms with Gasteiger partial charge in [0.2, 0.25) is 0 Å². The largest absolute Gasteiger partial charge is 2.00 e. The number of benzene rings is 5. The van der Waals surface area contributed by atoms with Gasteiger partial charge < -0.3 is 13.7 Å². The Morgan fingerprint density at radius 1 is 0.604 bits per heavy atom. The van der Waals surface area contributed by atoms with Crippen molar-refractivity contribution in [2.75, 3.05) is 0 Å². The van der Waals surface area contributed by atoms with E-state index in [-0.39, 0.29) is 26.5 Å². The van der Waals surface area contributed by atoms with Crippen molar-refractivity contribution in [1.29, 1.82) is 0 Å². The summed E-state index contributed by atoms with van der Waals surface area (Å²) >= 11 is 0. The van der Waals surface area contributed by atoms with Crippen molar-refractivity contribution in [3.05, 3.63) is 163 Å². The van der Waals surface area contributed by atoms with Gasteiger partial charge in [-0.3, -0.25) is 9.97 Å². The molecule has 0 saturated heterocycles. The summed E-state index contributed by atoms with van der Waals surface area (Å²) in [6.45, 7) is 4.56. The van der Waals surface area contributed by atoms with Crippen LogP contribution in [0.5, 0.6) is 11.5 Å². The van der Waals surface area contributed by atoms with Gasteiger partial charge >= 0.3 is 21.1 Å². The Hall–Kier alpha value is -6.10. The van der Waals surface area contributed by atoms with Crippen LogP contribution in [0.2, 0.25) is 0 Å². The summed E-state index contributed by atoms with van der Waals surface area (Å²) in [5.74, 6) is 1.17. The smallest absolute Gasteiger partial charge is 0.503 e. The van der Waals surface area contributed by atoms with Gasteiger partial charge in [-0.15, -0.1) is 23.8 Å². The van der Waals surface area contributed by atoms with E-state index in [0.717, 1.165) is 66.7 Å². The Labute approximate surface area is 319 Å². The summed E-state index contributed by atoms with van der Waals surface area (Å²) in [5, 5.41) is 4.11. The van der Waals surface area contributed by atoms with Gasteiger partial charge in [-0.2, -0.15) is 6.07 Å². The number of imidazole rings is 1. The van der Waals surface area contributed by atoms with Crippen LogP contribution in [0.3, 0.4) is 0 Å². The Balaban J connectivity index is 0.00000349. The number of pyridine rings is 3. The molecule has 0 spiro atoms. The number of para-hydroxylation sites is 1. The van der Waals surface area contributed by atoms with Gasteiger partial charge in [0.15, 0.2) is 0 Å². The molecule has 0 fully saturated rings. The molecular formula is C46H29N5OPt. The molecule has 5 aromatic heterocycles. The van der Waals surface area contributed by atoms with Crippen molar-refractivity contribution in [1.82, 2.24) is 23.9 Å². The zero-order valence-corrected chi connectivity index (χ0v) is 31.0. The van der Waals surface area contributed by atoms with Crippen LogP contribution < -0.4 is 4.74 Å². The van der Waals surface area contributed by atoms with Gasteiger partial charge in [0, 0.05) is 40.2 Å². The second kappa shape index (κ2) is 11.7. The van der Waals surface area contributed by atoms with E-state index in [1.165, 1.54) is 22.0 Å². The van der Waals surface area contributed by atoms with Crippen LogP contribution in [-0.2, 0) is 26.5 Å². The normalized spacial score (nSPS) is 13.1. The van der Waals surface area contributed by atoms with Gasteiger partial charge in [-0.05, 0) is 40.8 Å². The number of aromatic nitrogens is 5. The van der Waals surface area contributed by atoms with Crippen molar-refractivity contribution in [2.24, 2.45) is 0 Å². The second-order valence-corrected chi connectivity index (χ2v) is 13.9. The first-order valence-corrected chi connectivity index (χ1v) is 17.5. The number of ether oxygens (including phenoxy) is 1. The van der Waals surface area contributed by atoms with E-state index < -0.39 is 0 Å². The van der Waals surface area contributed by atoms with Crippen LogP contribution in [0.25, 0.3) is 77.6 Å². The maximum Gasteiger partial charge on any atom is 2.00 e. The number of hydrogen-bond donors (Lipinski definition) is 0. The molecule has 0 aliphatic carbocycles. The van der Waals surface area contributed by atoms with Crippen molar-refractivity contribution < 1.29 is 25.8 Å². The molecule has 0 radical (unpaired) electrons. The molecular weight excluding hydrogens is 834 g/mol. The summed E-state index contributed by atoms with van der Waals surface area (Å²) in [5.41, 5.74) is 11.9. The molecule has 1 aliphatic heterocycles. The number of rotatable bonds is 4. The van der Waals surface area contributed by atoms with Crippen molar-refractivity contribution in [3.63, 3.8) is 0 Å². The van der Waals surface area contributed by atoms with E-state index in [1.54, 1.807) is 0 Å². The van der Waals surface area contributed by atoms with Crippen LogP contribution in [0.15, 0.2) is 140 Å². The second-order valence-electron chi connectivity index (χ2n) is 13.9. The SMILES string of the molecule is CC1(C)c2ccc(Oc3[c-]c4c(cc3)c3ncccc3n3c(-c5ccccc5)c(-c5ccccc5)nc43)[c-]c2-n2c3ncccc3c3cccc1c32.[Pt+2]. The molecule has 0 amide bonds. The zero-order valence-electron chi connectivity index (χ0n) is 28.7. The summed E-state index contributed by atoms with van der Waals surface area (Å²) in [6, 6.07) is 51.1. The van der Waals surface area contributed by atoms with E-state index in [9.17, 15) is 0 Å². The Morgan fingerprint density at radius 2 is 1.32 bits per heavy atom. The van der Waals surface area contributed by atoms with E-state index in [0.29, 0.717) is 11.5 Å². The van der Waals surface area contributed by atoms with E-state index in [2.05, 4.69) is 126 Å². The Bertz CT molecular complexity index is 3070. The molecule has 53 heavy (non-hydrogen) atoms. The van der Waals surface area contributed by atoms with Gasteiger partial charge in [0.1, 0.15) is 5.65 Å². The van der Waals surface area contributed by atoms with Gasteiger partial charge in [0.05, 0.1) is 33.6 Å². The summed E-state index contributed by atoms with van der Waals surface area (Å²) in [7, 11) is 0. The van der Waals surface area contributed by atoms with E-state index >= 15 is 0 Å².